The van der Waals surface area contributed by atoms with E-state index in [0.29, 0.717) is 11.3 Å². The summed E-state index contributed by atoms with van der Waals surface area (Å²) in [6.45, 7) is 21.8. The second-order valence-corrected chi connectivity index (χ2v) is 16.1. The molecule has 0 aliphatic heterocycles. The lowest BCUT2D eigenvalue weighted by molar-refractivity contribution is 0.446. The first-order valence-corrected chi connectivity index (χ1v) is 16.7. The topological polar surface area (TPSA) is 76.5 Å². The van der Waals surface area contributed by atoms with E-state index in [1.54, 1.807) is 6.33 Å². The number of phenolic OH excluding ortho intramolecular Hbond substituents is 1. The van der Waals surface area contributed by atoms with Crippen LogP contribution in [0.2, 0.25) is 0 Å². The third kappa shape index (κ3) is 5.24. The van der Waals surface area contributed by atoms with Crippen molar-refractivity contribution in [2.45, 2.75) is 85.5 Å². The fourth-order valence-electron chi connectivity index (χ4n) is 6.57. The van der Waals surface area contributed by atoms with Gasteiger partial charge in [0, 0.05) is 39.5 Å². The van der Waals surface area contributed by atoms with Crippen molar-refractivity contribution >= 4 is 27.7 Å². The maximum Gasteiger partial charge on any atom is 0.180 e. The maximum absolute atomic E-state index is 11.8. The zero-order chi connectivity index (χ0) is 34.3. The average Bonchev–Trinajstić information content (AvgIpc) is 3.57. The normalized spacial score (nSPS) is 12.9. The summed E-state index contributed by atoms with van der Waals surface area (Å²) in [6.07, 6.45) is 3.68. The molecule has 6 nitrogen and oxygen atoms in total. The number of fused-ring (bicyclic) bond motifs is 4. The molecule has 0 amide bonds. The summed E-state index contributed by atoms with van der Waals surface area (Å²) in [4.78, 5) is 14.7. The van der Waals surface area contributed by atoms with Crippen molar-refractivity contribution in [1.82, 2.24) is 19.4 Å². The Balaban J connectivity index is 1.47. The number of para-hydroxylation sites is 1. The highest BCUT2D eigenvalue weighted by Crippen LogP contribution is 2.44. The van der Waals surface area contributed by atoms with Crippen LogP contribution in [0.1, 0.15) is 84.7 Å². The average molecular weight is 637 g/mol. The fraction of sp³-hybridized carbons (Fsp3) is 0.310. The molecule has 0 saturated carbocycles. The number of aromatic nitrogens is 4. The van der Waals surface area contributed by atoms with Gasteiger partial charge in [0.15, 0.2) is 5.58 Å². The van der Waals surface area contributed by atoms with E-state index in [1.165, 1.54) is 11.1 Å². The molecule has 7 aromatic rings. The number of hydrogen-bond acceptors (Lipinski definition) is 5. The molecule has 0 aliphatic rings. The van der Waals surface area contributed by atoms with Gasteiger partial charge >= 0.3 is 0 Å². The molecule has 3 aromatic carbocycles. The van der Waals surface area contributed by atoms with Gasteiger partial charge in [-0.15, -0.1) is 0 Å². The summed E-state index contributed by atoms with van der Waals surface area (Å²) in [7, 11) is 0. The molecule has 4 heterocycles. The zero-order valence-electron chi connectivity index (χ0n) is 29.6. The Morgan fingerprint density at radius 1 is 0.688 bits per heavy atom. The van der Waals surface area contributed by atoms with E-state index in [9.17, 15) is 5.11 Å². The van der Waals surface area contributed by atoms with Gasteiger partial charge in [-0.1, -0.05) is 86.6 Å². The molecule has 0 atom stereocenters. The van der Waals surface area contributed by atoms with Crippen LogP contribution in [-0.4, -0.2) is 24.5 Å². The lowest BCUT2D eigenvalue weighted by Crippen LogP contribution is -2.17. The predicted molar refractivity (Wildman–Crippen MR) is 197 cm³/mol. The SMILES string of the molecule is Cc1c(-c2cc(C(C)(C)C)cc(C(C)(C)C)c2O)nc2c(-c3cc(-c4ncnc5c4oc4ccccc45)cc(C(C)(C)C)c3)cccn12. The van der Waals surface area contributed by atoms with E-state index < -0.39 is 0 Å². The number of imidazole rings is 1. The van der Waals surface area contributed by atoms with Gasteiger partial charge in [0.05, 0.1) is 5.69 Å². The van der Waals surface area contributed by atoms with Crippen LogP contribution in [0.3, 0.4) is 0 Å². The number of furan rings is 1. The lowest BCUT2D eigenvalue weighted by Gasteiger charge is -2.27. The van der Waals surface area contributed by atoms with Gasteiger partial charge in [0.1, 0.15) is 34.5 Å². The summed E-state index contributed by atoms with van der Waals surface area (Å²) < 4.78 is 8.50. The first-order chi connectivity index (χ1) is 22.5. The van der Waals surface area contributed by atoms with E-state index in [0.717, 1.165) is 67.0 Å². The molecule has 4 aromatic heterocycles. The summed E-state index contributed by atoms with van der Waals surface area (Å²) in [5.41, 5.74) is 12.2. The quantitative estimate of drug-likeness (QED) is 0.209. The Labute approximate surface area is 282 Å². The number of hydrogen-bond donors (Lipinski definition) is 1. The second kappa shape index (κ2) is 10.8. The highest BCUT2D eigenvalue weighted by atomic mass is 16.3. The molecule has 1 N–H and O–H groups in total. The van der Waals surface area contributed by atoms with Gasteiger partial charge in [0.2, 0.25) is 0 Å². The van der Waals surface area contributed by atoms with Crippen LogP contribution in [0, 0.1) is 6.92 Å². The number of nitrogens with zero attached hydrogens (tertiary/aromatic N) is 4. The van der Waals surface area contributed by atoms with E-state index in [1.807, 2.05) is 24.3 Å². The van der Waals surface area contributed by atoms with Gasteiger partial charge in [-0.2, -0.15) is 0 Å². The molecule has 0 radical (unpaired) electrons. The Morgan fingerprint density at radius 2 is 1.38 bits per heavy atom. The van der Waals surface area contributed by atoms with Gasteiger partial charge < -0.3 is 13.9 Å². The minimum atomic E-state index is -0.242. The van der Waals surface area contributed by atoms with E-state index in [-0.39, 0.29) is 16.2 Å². The Hall–Kier alpha value is -4.97. The molecule has 0 saturated heterocycles. The smallest absolute Gasteiger partial charge is 0.180 e. The number of benzene rings is 3. The first-order valence-electron chi connectivity index (χ1n) is 16.7. The monoisotopic (exact) mass is 636 g/mol. The predicted octanol–water partition coefficient (Wildman–Crippen LogP) is 10.9. The number of rotatable bonds is 3. The lowest BCUT2D eigenvalue weighted by atomic mass is 9.78. The van der Waals surface area contributed by atoms with Crippen LogP contribution in [-0.2, 0) is 16.2 Å². The molecule has 0 aliphatic carbocycles. The molecule has 0 spiro atoms. The highest BCUT2D eigenvalue weighted by Gasteiger charge is 2.28. The Kier molecular flexibility index (Phi) is 7.10. The Bertz CT molecular complexity index is 2370. The molecule has 7 rings (SSSR count). The molecule has 6 heteroatoms. The zero-order valence-corrected chi connectivity index (χ0v) is 29.6. The number of phenols is 1. The van der Waals surface area contributed by atoms with E-state index in [2.05, 4.69) is 127 Å². The molecule has 244 valence electrons. The fourth-order valence-corrected chi connectivity index (χ4v) is 6.57. The molecule has 0 bridgehead atoms. The van der Waals surface area contributed by atoms with Crippen LogP contribution in [0.25, 0.3) is 61.4 Å². The van der Waals surface area contributed by atoms with Crippen molar-refractivity contribution in [3.05, 3.63) is 102 Å². The summed E-state index contributed by atoms with van der Waals surface area (Å²) in [5.74, 6) is 0.291. The third-order valence-electron chi connectivity index (χ3n) is 9.47. The largest absolute Gasteiger partial charge is 0.507 e. The second-order valence-electron chi connectivity index (χ2n) is 16.1. The van der Waals surface area contributed by atoms with E-state index >= 15 is 0 Å². The minimum Gasteiger partial charge on any atom is -0.507 e. The summed E-state index contributed by atoms with van der Waals surface area (Å²) in [5, 5.41) is 12.7. The van der Waals surface area contributed by atoms with Crippen LogP contribution < -0.4 is 0 Å². The number of aromatic hydroxyl groups is 1. The molecule has 48 heavy (non-hydrogen) atoms. The third-order valence-corrected chi connectivity index (χ3v) is 9.47. The summed E-state index contributed by atoms with van der Waals surface area (Å²) in [6, 6.07) is 23.1. The van der Waals surface area contributed by atoms with Gasteiger partial charge in [-0.3, -0.25) is 0 Å². The molecule has 0 fully saturated rings. The molecular weight excluding hydrogens is 592 g/mol. The maximum atomic E-state index is 11.8. The minimum absolute atomic E-state index is 0.100. The standard InChI is InChI=1S/C42H44N4O2/c1-24-34(31-21-28(41(5,6)7)22-32(37(31)47)42(8,9)10)45-39-29(15-13-17-46(24)39)25-18-26(20-27(19-25)40(2,3)4)35-38-36(44-23-43-35)30-14-11-12-16-33(30)48-38/h11-23,47H,1-10H3. The Morgan fingerprint density at radius 3 is 2.08 bits per heavy atom. The first kappa shape index (κ1) is 31.6. The van der Waals surface area contributed by atoms with Gasteiger partial charge in [-0.25, -0.2) is 15.0 Å². The van der Waals surface area contributed by atoms with Crippen molar-refractivity contribution < 1.29 is 9.52 Å². The number of pyridine rings is 1. The van der Waals surface area contributed by atoms with Gasteiger partial charge in [0.25, 0.3) is 0 Å². The van der Waals surface area contributed by atoms with Crippen molar-refractivity contribution in [1.29, 1.82) is 0 Å². The van der Waals surface area contributed by atoms with E-state index in [4.69, 9.17) is 14.4 Å². The highest BCUT2D eigenvalue weighted by molar-refractivity contribution is 6.06. The van der Waals surface area contributed by atoms with Crippen molar-refractivity contribution in [2.75, 3.05) is 0 Å². The number of aryl methyl sites for hydroxylation is 1. The van der Waals surface area contributed by atoms with Crippen molar-refractivity contribution in [3.63, 3.8) is 0 Å². The van der Waals surface area contributed by atoms with Crippen LogP contribution >= 0.6 is 0 Å². The molecular formula is C42H44N4O2. The van der Waals surface area contributed by atoms with Gasteiger partial charge in [-0.05, 0) is 82.3 Å². The molecule has 0 unspecified atom stereocenters. The van der Waals surface area contributed by atoms with Crippen molar-refractivity contribution in [2.24, 2.45) is 0 Å². The van der Waals surface area contributed by atoms with Crippen molar-refractivity contribution in [3.8, 4) is 39.4 Å². The van der Waals surface area contributed by atoms with Crippen LogP contribution in [0.4, 0.5) is 0 Å². The summed E-state index contributed by atoms with van der Waals surface area (Å²) >= 11 is 0. The van der Waals surface area contributed by atoms with Crippen LogP contribution in [0.15, 0.2) is 83.7 Å². The van der Waals surface area contributed by atoms with Crippen LogP contribution in [0.5, 0.6) is 5.75 Å².